The van der Waals surface area contributed by atoms with Crippen molar-refractivity contribution in [2.24, 2.45) is 5.41 Å². The van der Waals surface area contributed by atoms with Crippen LogP contribution in [0.2, 0.25) is 0 Å². The van der Waals surface area contributed by atoms with Gasteiger partial charge in [0.2, 0.25) is 0 Å². The fourth-order valence-electron chi connectivity index (χ4n) is 1.90. The molecule has 0 saturated heterocycles. The predicted molar refractivity (Wildman–Crippen MR) is 70.8 cm³/mol. The lowest BCUT2D eigenvalue weighted by Gasteiger charge is -2.31. The van der Waals surface area contributed by atoms with Gasteiger partial charge >= 0.3 is 0 Å². The maximum absolute atomic E-state index is 9.51. The van der Waals surface area contributed by atoms with Crippen LogP contribution in [0.5, 0.6) is 0 Å². The Kier molecular flexibility index (Phi) is 5.59. The quantitative estimate of drug-likeness (QED) is 0.764. The maximum atomic E-state index is 9.51. The fraction of sp³-hybridized carbons (Fsp3) is 0.643. The van der Waals surface area contributed by atoms with Crippen LogP contribution in [0, 0.1) is 5.41 Å². The molecule has 0 unspecified atom stereocenters. The number of pyridine rings is 1. The summed E-state index contributed by atoms with van der Waals surface area (Å²) in [5.41, 5.74) is 1.20. The van der Waals surface area contributed by atoms with Gasteiger partial charge < -0.3 is 10.4 Å². The van der Waals surface area contributed by atoms with Gasteiger partial charge in [0.15, 0.2) is 0 Å². The van der Waals surface area contributed by atoms with Crippen molar-refractivity contribution < 1.29 is 5.11 Å². The molecular weight excluding hydrogens is 212 g/mol. The minimum atomic E-state index is 0.0104. The highest BCUT2D eigenvalue weighted by molar-refractivity contribution is 5.12. The first-order chi connectivity index (χ1) is 8.17. The second kappa shape index (κ2) is 6.72. The van der Waals surface area contributed by atoms with Crippen LogP contribution in [0.15, 0.2) is 24.5 Å². The summed E-state index contributed by atoms with van der Waals surface area (Å²) in [6.45, 7) is 7.48. The molecule has 0 radical (unpaired) electrons. The van der Waals surface area contributed by atoms with Crippen LogP contribution in [0.1, 0.15) is 45.2 Å². The number of nitrogens with one attached hydrogen (secondary N) is 1. The molecule has 1 heterocycles. The molecule has 3 heteroatoms. The summed E-state index contributed by atoms with van der Waals surface area (Å²) >= 11 is 0. The molecule has 2 N–H and O–H groups in total. The summed E-state index contributed by atoms with van der Waals surface area (Å²) in [5, 5.41) is 13.0. The van der Waals surface area contributed by atoms with Crippen molar-refractivity contribution >= 4 is 0 Å². The van der Waals surface area contributed by atoms with Crippen LogP contribution >= 0.6 is 0 Å². The minimum absolute atomic E-state index is 0.0104. The van der Waals surface area contributed by atoms with Crippen molar-refractivity contribution in [3.05, 3.63) is 30.1 Å². The molecule has 1 rings (SSSR count). The normalized spacial score (nSPS) is 13.6. The van der Waals surface area contributed by atoms with Crippen molar-refractivity contribution in [3.63, 3.8) is 0 Å². The predicted octanol–water partition coefficient (Wildman–Crippen LogP) is 2.53. The van der Waals surface area contributed by atoms with Crippen LogP contribution in [0.4, 0.5) is 0 Å². The first-order valence-electron chi connectivity index (χ1n) is 6.41. The van der Waals surface area contributed by atoms with E-state index in [-0.39, 0.29) is 18.1 Å². The lowest BCUT2D eigenvalue weighted by atomic mass is 9.83. The third-order valence-electron chi connectivity index (χ3n) is 3.80. The first-order valence-corrected chi connectivity index (χ1v) is 6.41. The summed E-state index contributed by atoms with van der Waals surface area (Å²) in [5.74, 6) is 0. The number of aromatic nitrogens is 1. The minimum Gasteiger partial charge on any atom is -0.396 e. The molecule has 1 aromatic heterocycles. The molecule has 3 nitrogen and oxygen atoms in total. The maximum Gasteiger partial charge on any atom is 0.0499 e. The summed E-state index contributed by atoms with van der Waals surface area (Å²) in [4.78, 5) is 4.12. The van der Waals surface area contributed by atoms with Gasteiger partial charge in [0, 0.05) is 37.0 Å². The third-order valence-corrected chi connectivity index (χ3v) is 3.80. The SMILES string of the molecule is CCC(CC)(CO)CN[C@H](C)c1cccnc1. The highest BCUT2D eigenvalue weighted by Gasteiger charge is 2.25. The average molecular weight is 236 g/mol. The molecule has 0 amide bonds. The molecule has 96 valence electrons. The molecule has 1 atom stereocenters. The van der Waals surface area contributed by atoms with Gasteiger partial charge in [0.25, 0.3) is 0 Å². The number of rotatable bonds is 7. The molecule has 0 aliphatic rings. The van der Waals surface area contributed by atoms with Gasteiger partial charge in [0.05, 0.1) is 0 Å². The Morgan fingerprint density at radius 1 is 1.41 bits per heavy atom. The van der Waals surface area contributed by atoms with E-state index in [0.717, 1.165) is 19.4 Å². The summed E-state index contributed by atoms with van der Waals surface area (Å²) in [6, 6.07) is 4.29. The van der Waals surface area contributed by atoms with E-state index in [9.17, 15) is 5.11 Å². The molecule has 0 saturated carbocycles. The van der Waals surface area contributed by atoms with E-state index in [0.29, 0.717) is 0 Å². The van der Waals surface area contributed by atoms with Gasteiger partial charge in [-0.25, -0.2) is 0 Å². The monoisotopic (exact) mass is 236 g/mol. The Balaban J connectivity index is 2.55. The first kappa shape index (κ1) is 14.1. The Morgan fingerprint density at radius 2 is 2.12 bits per heavy atom. The lowest BCUT2D eigenvalue weighted by molar-refractivity contribution is 0.110. The lowest BCUT2D eigenvalue weighted by Crippen LogP contribution is -2.37. The van der Waals surface area contributed by atoms with E-state index in [1.165, 1.54) is 5.56 Å². The van der Waals surface area contributed by atoms with Crippen molar-refractivity contribution in [2.45, 2.75) is 39.7 Å². The fourth-order valence-corrected chi connectivity index (χ4v) is 1.90. The average Bonchev–Trinajstić information content (AvgIpc) is 2.41. The smallest absolute Gasteiger partial charge is 0.0499 e. The summed E-state index contributed by atoms with van der Waals surface area (Å²) in [6.07, 6.45) is 5.65. The van der Waals surface area contributed by atoms with Crippen LogP contribution in [0.3, 0.4) is 0 Å². The highest BCUT2D eigenvalue weighted by atomic mass is 16.3. The van der Waals surface area contributed by atoms with Gasteiger partial charge in [-0.2, -0.15) is 0 Å². The molecule has 0 aliphatic carbocycles. The largest absolute Gasteiger partial charge is 0.396 e. The van der Waals surface area contributed by atoms with E-state index in [1.54, 1.807) is 6.20 Å². The van der Waals surface area contributed by atoms with E-state index in [1.807, 2.05) is 12.3 Å². The zero-order valence-electron chi connectivity index (χ0n) is 11.1. The van der Waals surface area contributed by atoms with Gasteiger partial charge in [-0.05, 0) is 31.4 Å². The second-order valence-corrected chi connectivity index (χ2v) is 4.75. The van der Waals surface area contributed by atoms with E-state index < -0.39 is 0 Å². The summed E-state index contributed by atoms with van der Waals surface area (Å²) in [7, 11) is 0. The molecule has 0 aliphatic heterocycles. The third kappa shape index (κ3) is 3.79. The zero-order chi connectivity index (χ0) is 12.7. The Hall–Kier alpha value is -0.930. The van der Waals surface area contributed by atoms with Crippen molar-refractivity contribution in [1.29, 1.82) is 0 Å². The molecular formula is C14H24N2O. The van der Waals surface area contributed by atoms with Crippen molar-refractivity contribution in [2.75, 3.05) is 13.2 Å². The zero-order valence-corrected chi connectivity index (χ0v) is 11.1. The van der Waals surface area contributed by atoms with Crippen LogP contribution in [0.25, 0.3) is 0 Å². The van der Waals surface area contributed by atoms with Crippen LogP contribution in [-0.2, 0) is 0 Å². The van der Waals surface area contributed by atoms with Crippen LogP contribution < -0.4 is 5.32 Å². The molecule has 0 bridgehead atoms. The Morgan fingerprint density at radius 3 is 2.59 bits per heavy atom. The number of nitrogens with zero attached hydrogens (tertiary/aromatic N) is 1. The Bertz CT molecular complexity index is 301. The van der Waals surface area contributed by atoms with Gasteiger partial charge in [-0.1, -0.05) is 19.9 Å². The Labute approximate surface area is 104 Å². The molecule has 0 fully saturated rings. The topological polar surface area (TPSA) is 45.1 Å². The van der Waals surface area contributed by atoms with Crippen molar-refractivity contribution in [1.82, 2.24) is 10.3 Å². The van der Waals surface area contributed by atoms with Gasteiger partial charge in [-0.15, -0.1) is 0 Å². The molecule has 0 aromatic carbocycles. The molecule has 1 aromatic rings. The van der Waals surface area contributed by atoms with E-state index in [2.05, 4.69) is 37.1 Å². The van der Waals surface area contributed by atoms with Crippen molar-refractivity contribution in [3.8, 4) is 0 Å². The number of aliphatic hydroxyl groups excluding tert-OH is 1. The van der Waals surface area contributed by atoms with Crippen LogP contribution in [-0.4, -0.2) is 23.2 Å². The van der Waals surface area contributed by atoms with Gasteiger partial charge in [0.1, 0.15) is 0 Å². The second-order valence-electron chi connectivity index (χ2n) is 4.75. The summed E-state index contributed by atoms with van der Waals surface area (Å²) < 4.78 is 0. The highest BCUT2D eigenvalue weighted by Crippen LogP contribution is 2.25. The number of aliphatic hydroxyl groups is 1. The number of hydrogen-bond donors (Lipinski definition) is 2. The standard InChI is InChI=1S/C14H24N2O/c1-4-14(5-2,11-17)10-16-12(3)13-7-6-8-15-9-13/h6-9,12,16-17H,4-5,10-11H2,1-3H3/t12-/m1/s1. The van der Waals surface area contributed by atoms with E-state index >= 15 is 0 Å². The molecule has 17 heavy (non-hydrogen) atoms. The van der Waals surface area contributed by atoms with Gasteiger partial charge in [-0.3, -0.25) is 4.98 Å². The number of hydrogen-bond acceptors (Lipinski definition) is 3. The molecule has 0 spiro atoms. The van der Waals surface area contributed by atoms with E-state index in [4.69, 9.17) is 0 Å².